The van der Waals surface area contributed by atoms with Crippen molar-refractivity contribution in [3.63, 3.8) is 0 Å². The number of benzene rings is 1. The van der Waals surface area contributed by atoms with Crippen molar-refractivity contribution in [2.24, 2.45) is 10.9 Å². The molecule has 5 nitrogen and oxygen atoms in total. The van der Waals surface area contributed by atoms with Crippen molar-refractivity contribution in [2.75, 3.05) is 0 Å². The van der Waals surface area contributed by atoms with Gasteiger partial charge in [0, 0.05) is 15.5 Å². The van der Waals surface area contributed by atoms with Crippen molar-refractivity contribution >= 4 is 40.7 Å². The molecule has 0 unspecified atom stereocenters. The number of aromatic nitrogens is 2. The fourth-order valence-electron chi connectivity index (χ4n) is 1.26. The molecule has 0 saturated heterocycles. The highest BCUT2D eigenvalue weighted by atomic mass is 35.5. The van der Waals surface area contributed by atoms with Crippen LogP contribution in [-0.4, -0.2) is 20.4 Å². The molecule has 2 rings (SSSR count). The lowest BCUT2D eigenvalue weighted by Gasteiger charge is -2.06. The minimum Gasteiger partial charge on any atom is -0.409 e. The molecule has 0 fully saturated rings. The molecular weight excluding hydrogens is 292 g/mol. The number of halogens is 1. The molecule has 0 bridgehead atoms. The van der Waals surface area contributed by atoms with Crippen molar-refractivity contribution in [1.82, 2.24) is 9.36 Å². The first kappa shape index (κ1) is 13.1. The third-order valence-corrected chi connectivity index (χ3v) is 4.17. The van der Waals surface area contributed by atoms with Gasteiger partial charge in [-0.25, -0.2) is 4.98 Å². The number of amidine groups is 1. The molecule has 94 valence electrons. The molecule has 0 aliphatic carbocycles. The topological polar surface area (TPSA) is 84.4 Å². The largest absolute Gasteiger partial charge is 0.409 e. The first-order valence-electron chi connectivity index (χ1n) is 4.86. The van der Waals surface area contributed by atoms with E-state index in [1.807, 2.05) is 6.92 Å². The van der Waals surface area contributed by atoms with Gasteiger partial charge in [0.05, 0.1) is 0 Å². The van der Waals surface area contributed by atoms with E-state index in [0.717, 1.165) is 15.1 Å². The Labute approximate surface area is 117 Å². The summed E-state index contributed by atoms with van der Waals surface area (Å²) in [4.78, 5) is 5.02. The quantitative estimate of drug-likeness (QED) is 0.394. The lowest BCUT2D eigenvalue weighted by atomic mass is 10.2. The van der Waals surface area contributed by atoms with Gasteiger partial charge in [-0.05, 0) is 36.7 Å². The third-order valence-electron chi connectivity index (χ3n) is 2.03. The van der Waals surface area contributed by atoms with Gasteiger partial charge in [-0.15, -0.1) is 0 Å². The number of hydrogen-bond acceptors (Lipinski definition) is 6. The zero-order valence-electron chi connectivity index (χ0n) is 9.29. The predicted octanol–water partition coefficient (Wildman–Crippen LogP) is 2.75. The normalized spacial score (nSPS) is 11.8. The second kappa shape index (κ2) is 5.55. The zero-order chi connectivity index (χ0) is 13.1. The summed E-state index contributed by atoms with van der Waals surface area (Å²) in [6.07, 6.45) is 0. The Kier molecular flexibility index (Phi) is 4.05. The van der Waals surface area contributed by atoms with E-state index in [-0.39, 0.29) is 5.84 Å². The Morgan fingerprint density at radius 3 is 2.94 bits per heavy atom. The zero-order valence-corrected chi connectivity index (χ0v) is 11.7. The summed E-state index contributed by atoms with van der Waals surface area (Å²) < 4.78 is 4.88. The Hall–Kier alpha value is -1.31. The van der Waals surface area contributed by atoms with Crippen molar-refractivity contribution in [1.29, 1.82) is 0 Å². The standard InChI is InChI=1S/C10H9ClN4OS2/c1-5-13-10(18-15-5)17-8-4-6(11)2-3-7(8)9(12)14-16/h2-4,16H,1H3,(H2,12,14). The van der Waals surface area contributed by atoms with Gasteiger partial charge in [0.25, 0.3) is 0 Å². The number of hydrogen-bond donors (Lipinski definition) is 2. The molecule has 0 atom stereocenters. The van der Waals surface area contributed by atoms with Gasteiger partial charge in [0.15, 0.2) is 10.2 Å². The maximum Gasteiger partial charge on any atom is 0.174 e. The summed E-state index contributed by atoms with van der Waals surface area (Å²) in [7, 11) is 0. The van der Waals surface area contributed by atoms with E-state index in [0.29, 0.717) is 10.6 Å². The van der Waals surface area contributed by atoms with Crippen LogP contribution in [0.25, 0.3) is 0 Å². The first-order chi connectivity index (χ1) is 8.60. The third kappa shape index (κ3) is 2.92. The number of nitrogens with zero attached hydrogens (tertiary/aromatic N) is 3. The molecule has 2 aromatic rings. The molecule has 3 N–H and O–H groups in total. The first-order valence-corrected chi connectivity index (χ1v) is 6.82. The number of aryl methyl sites for hydroxylation is 1. The molecule has 1 aromatic carbocycles. The van der Waals surface area contributed by atoms with Gasteiger partial charge in [0.2, 0.25) is 0 Å². The van der Waals surface area contributed by atoms with E-state index in [1.165, 1.54) is 23.3 Å². The van der Waals surface area contributed by atoms with Gasteiger partial charge in [-0.1, -0.05) is 28.5 Å². The summed E-state index contributed by atoms with van der Waals surface area (Å²) in [6.45, 7) is 1.82. The summed E-state index contributed by atoms with van der Waals surface area (Å²) in [5.74, 6) is 0.755. The van der Waals surface area contributed by atoms with E-state index < -0.39 is 0 Å². The SMILES string of the molecule is Cc1nsc(Sc2cc(Cl)ccc2C(N)=NO)n1. The maximum absolute atomic E-state index is 8.75. The van der Waals surface area contributed by atoms with E-state index in [1.54, 1.807) is 18.2 Å². The maximum atomic E-state index is 8.75. The summed E-state index contributed by atoms with van der Waals surface area (Å²) in [6, 6.07) is 5.13. The average Bonchev–Trinajstić information content (AvgIpc) is 2.74. The molecule has 0 radical (unpaired) electrons. The molecule has 18 heavy (non-hydrogen) atoms. The molecule has 0 amide bonds. The van der Waals surface area contributed by atoms with Crippen LogP contribution in [0, 0.1) is 6.92 Å². The molecule has 1 heterocycles. The van der Waals surface area contributed by atoms with Gasteiger partial charge >= 0.3 is 0 Å². The van der Waals surface area contributed by atoms with Crippen LogP contribution in [0.2, 0.25) is 5.02 Å². The van der Waals surface area contributed by atoms with Crippen LogP contribution in [0.5, 0.6) is 0 Å². The number of rotatable bonds is 3. The second-order valence-corrected chi connectivity index (χ2v) is 5.81. The predicted molar refractivity (Wildman–Crippen MR) is 72.7 cm³/mol. The van der Waals surface area contributed by atoms with Crippen LogP contribution in [0.1, 0.15) is 11.4 Å². The summed E-state index contributed by atoms with van der Waals surface area (Å²) in [5.41, 5.74) is 6.23. The van der Waals surface area contributed by atoms with Crippen LogP contribution >= 0.6 is 34.9 Å². The smallest absolute Gasteiger partial charge is 0.174 e. The lowest BCUT2D eigenvalue weighted by molar-refractivity contribution is 0.318. The highest BCUT2D eigenvalue weighted by molar-refractivity contribution is 8.01. The summed E-state index contributed by atoms with van der Waals surface area (Å²) >= 11 is 8.62. The van der Waals surface area contributed by atoms with E-state index in [2.05, 4.69) is 14.5 Å². The Bertz CT molecular complexity index is 599. The Morgan fingerprint density at radius 1 is 1.56 bits per heavy atom. The highest BCUT2D eigenvalue weighted by Gasteiger charge is 2.11. The highest BCUT2D eigenvalue weighted by Crippen LogP contribution is 2.33. The molecule has 0 aliphatic rings. The molecule has 0 aliphatic heterocycles. The Balaban J connectivity index is 2.39. The average molecular weight is 301 g/mol. The van der Waals surface area contributed by atoms with Crippen molar-refractivity contribution < 1.29 is 5.21 Å². The van der Waals surface area contributed by atoms with Crippen LogP contribution in [0.4, 0.5) is 0 Å². The van der Waals surface area contributed by atoms with Crippen molar-refractivity contribution in [3.05, 3.63) is 34.6 Å². The minimum absolute atomic E-state index is 0.0374. The molecular formula is C10H9ClN4OS2. The lowest BCUT2D eigenvalue weighted by Crippen LogP contribution is -2.14. The second-order valence-electron chi connectivity index (χ2n) is 3.34. The fraction of sp³-hybridized carbons (Fsp3) is 0.100. The number of oxime groups is 1. The van der Waals surface area contributed by atoms with Gasteiger partial charge in [0.1, 0.15) is 5.82 Å². The summed E-state index contributed by atoms with van der Waals surface area (Å²) in [5, 5.41) is 12.3. The van der Waals surface area contributed by atoms with Crippen LogP contribution in [0.15, 0.2) is 32.6 Å². The van der Waals surface area contributed by atoms with Gasteiger partial charge in [-0.2, -0.15) is 4.37 Å². The van der Waals surface area contributed by atoms with E-state index >= 15 is 0 Å². The van der Waals surface area contributed by atoms with Crippen molar-refractivity contribution in [3.8, 4) is 0 Å². The van der Waals surface area contributed by atoms with Crippen LogP contribution in [-0.2, 0) is 0 Å². The Morgan fingerprint density at radius 2 is 2.33 bits per heavy atom. The van der Waals surface area contributed by atoms with Crippen molar-refractivity contribution in [2.45, 2.75) is 16.2 Å². The number of nitrogens with two attached hydrogens (primary N) is 1. The van der Waals surface area contributed by atoms with Gasteiger partial charge < -0.3 is 10.9 Å². The van der Waals surface area contributed by atoms with E-state index in [9.17, 15) is 0 Å². The molecule has 0 spiro atoms. The van der Waals surface area contributed by atoms with Gasteiger partial charge in [-0.3, -0.25) is 0 Å². The molecule has 0 saturated carbocycles. The minimum atomic E-state index is 0.0374. The van der Waals surface area contributed by atoms with E-state index in [4.69, 9.17) is 22.5 Å². The van der Waals surface area contributed by atoms with Crippen LogP contribution < -0.4 is 5.73 Å². The van der Waals surface area contributed by atoms with Crippen LogP contribution in [0.3, 0.4) is 0 Å². The fourth-order valence-corrected chi connectivity index (χ4v) is 3.28. The monoisotopic (exact) mass is 300 g/mol. The molecule has 8 heteroatoms. The molecule has 1 aromatic heterocycles.